The van der Waals surface area contributed by atoms with Gasteiger partial charge in [-0.25, -0.2) is 0 Å². The lowest BCUT2D eigenvalue weighted by Crippen LogP contribution is -2.16. The van der Waals surface area contributed by atoms with Gasteiger partial charge in [-0.15, -0.1) is 0 Å². The van der Waals surface area contributed by atoms with Crippen LogP contribution in [-0.4, -0.2) is 0 Å². The molecule has 24 heavy (non-hydrogen) atoms. The third kappa shape index (κ3) is 3.38. The summed E-state index contributed by atoms with van der Waals surface area (Å²) in [5.74, 6) is 0. The molecular formula is C24H28. The second kappa shape index (κ2) is 5.77. The molecule has 124 valence electrons. The van der Waals surface area contributed by atoms with Crippen molar-refractivity contribution >= 4 is 10.8 Å². The first-order valence-electron chi connectivity index (χ1n) is 8.80. The summed E-state index contributed by atoms with van der Waals surface area (Å²) in [7, 11) is 0. The van der Waals surface area contributed by atoms with Gasteiger partial charge >= 0.3 is 0 Å². The summed E-state index contributed by atoms with van der Waals surface area (Å²) in [5, 5.41) is 2.60. The van der Waals surface area contributed by atoms with E-state index in [2.05, 4.69) is 102 Å². The van der Waals surface area contributed by atoms with Crippen LogP contribution in [0.5, 0.6) is 0 Å². The van der Waals surface area contributed by atoms with Crippen molar-refractivity contribution in [2.45, 2.75) is 52.4 Å². The van der Waals surface area contributed by atoms with Gasteiger partial charge in [-0.2, -0.15) is 0 Å². The van der Waals surface area contributed by atoms with Crippen LogP contribution in [0.15, 0.2) is 60.7 Å². The van der Waals surface area contributed by atoms with E-state index in [0.29, 0.717) is 0 Å². The molecule has 0 heteroatoms. The van der Waals surface area contributed by atoms with E-state index in [1.807, 2.05) is 0 Å². The Kier molecular flexibility index (Phi) is 4.03. The van der Waals surface area contributed by atoms with Gasteiger partial charge in [0.25, 0.3) is 0 Å². The summed E-state index contributed by atoms with van der Waals surface area (Å²) in [4.78, 5) is 0. The van der Waals surface area contributed by atoms with Crippen molar-refractivity contribution in [2.75, 3.05) is 0 Å². The van der Waals surface area contributed by atoms with Gasteiger partial charge in [-0.1, -0.05) is 96.1 Å². The smallest absolute Gasteiger partial charge is 0.0132 e. The van der Waals surface area contributed by atoms with Crippen molar-refractivity contribution in [1.29, 1.82) is 0 Å². The fraction of sp³-hybridized carbons (Fsp3) is 0.333. The Hall–Kier alpha value is -2.08. The topological polar surface area (TPSA) is 0 Å². The van der Waals surface area contributed by atoms with Crippen LogP contribution in [0.4, 0.5) is 0 Å². The van der Waals surface area contributed by atoms with Crippen molar-refractivity contribution in [1.82, 2.24) is 0 Å². The quantitative estimate of drug-likeness (QED) is 0.449. The molecule has 0 unspecified atom stereocenters. The first-order chi connectivity index (χ1) is 11.1. The number of fused-ring (bicyclic) bond motifs is 1. The van der Waals surface area contributed by atoms with Crippen molar-refractivity contribution in [2.24, 2.45) is 0 Å². The van der Waals surface area contributed by atoms with Crippen LogP contribution >= 0.6 is 0 Å². The molecule has 0 saturated carbocycles. The second-order valence-corrected chi connectivity index (χ2v) is 8.86. The molecule has 0 radical (unpaired) electrons. The molecule has 0 aliphatic carbocycles. The number of benzene rings is 3. The predicted molar refractivity (Wildman–Crippen MR) is 107 cm³/mol. The zero-order valence-electron chi connectivity index (χ0n) is 15.8. The molecule has 3 aromatic carbocycles. The van der Waals surface area contributed by atoms with Gasteiger partial charge in [0.1, 0.15) is 0 Å². The van der Waals surface area contributed by atoms with Gasteiger partial charge in [-0.05, 0) is 49.9 Å². The van der Waals surface area contributed by atoms with Gasteiger partial charge in [0.05, 0.1) is 0 Å². The zero-order valence-corrected chi connectivity index (χ0v) is 15.8. The van der Waals surface area contributed by atoms with Crippen molar-refractivity contribution < 1.29 is 0 Å². The van der Waals surface area contributed by atoms with Crippen LogP contribution in [0.2, 0.25) is 0 Å². The van der Waals surface area contributed by atoms with E-state index in [4.69, 9.17) is 0 Å². The summed E-state index contributed by atoms with van der Waals surface area (Å²) in [5.41, 5.74) is 5.71. The van der Waals surface area contributed by atoms with E-state index in [1.165, 1.54) is 33.0 Å². The van der Waals surface area contributed by atoms with E-state index < -0.39 is 0 Å². The molecule has 0 saturated heterocycles. The van der Waals surface area contributed by atoms with Gasteiger partial charge < -0.3 is 0 Å². The van der Waals surface area contributed by atoms with Gasteiger partial charge in [0.2, 0.25) is 0 Å². The first-order valence-corrected chi connectivity index (χ1v) is 8.80. The number of hydrogen-bond acceptors (Lipinski definition) is 0. The highest BCUT2D eigenvalue weighted by atomic mass is 14.3. The van der Waals surface area contributed by atoms with E-state index in [1.54, 1.807) is 0 Å². The van der Waals surface area contributed by atoms with Crippen LogP contribution in [0, 0.1) is 0 Å². The van der Waals surface area contributed by atoms with Crippen LogP contribution in [-0.2, 0) is 10.8 Å². The van der Waals surface area contributed by atoms with Crippen molar-refractivity contribution in [3.63, 3.8) is 0 Å². The summed E-state index contributed by atoms with van der Waals surface area (Å²) < 4.78 is 0. The molecule has 0 fully saturated rings. The maximum Gasteiger partial charge on any atom is -0.0132 e. The molecule has 0 nitrogen and oxygen atoms in total. The minimum Gasteiger partial charge on any atom is -0.0616 e. The summed E-state index contributed by atoms with van der Waals surface area (Å²) in [6, 6.07) is 22.5. The lowest BCUT2D eigenvalue weighted by Gasteiger charge is -2.26. The van der Waals surface area contributed by atoms with Crippen LogP contribution in [0.3, 0.4) is 0 Å². The molecule has 3 rings (SSSR count). The SMILES string of the molecule is CC(C)(C)c1cc(-c2ccc3ccccc3c2)cc(C(C)(C)C)c1. The maximum absolute atomic E-state index is 2.38. The third-order valence-electron chi connectivity index (χ3n) is 4.75. The molecule has 0 aromatic heterocycles. The summed E-state index contributed by atoms with van der Waals surface area (Å²) in [6.07, 6.45) is 0. The van der Waals surface area contributed by atoms with E-state index in [0.717, 1.165) is 0 Å². The average Bonchev–Trinajstić information content (AvgIpc) is 2.52. The molecular weight excluding hydrogens is 288 g/mol. The Morgan fingerprint density at radius 3 is 1.58 bits per heavy atom. The maximum atomic E-state index is 2.38. The van der Waals surface area contributed by atoms with E-state index in [9.17, 15) is 0 Å². The molecule has 0 amide bonds. The summed E-state index contributed by atoms with van der Waals surface area (Å²) in [6.45, 7) is 13.7. The normalized spacial score (nSPS) is 12.6. The highest BCUT2D eigenvalue weighted by Crippen LogP contribution is 2.34. The Balaban J connectivity index is 2.21. The van der Waals surface area contributed by atoms with E-state index >= 15 is 0 Å². The molecule has 3 aromatic rings. The minimum absolute atomic E-state index is 0.146. The molecule has 0 N–H and O–H groups in total. The number of rotatable bonds is 1. The Morgan fingerprint density at radius 1 is 0.500 bits per heavy atom. The predicted octanol–water partition coefficient (Wildman–Crippen LogP) is 7.10. The van der Waals surface area contributed by atoms with E-state index in [-0.39, 0.29) is 10.8 Å². The van der Waals surface area contributed by atoms with Crippen molar-refractivity contribution in [3.8, 4) is 11.1 Å². The van der Waals surface area contributed by atoms with Crippen LogP contribution in [0.1, 0.15) is 52.7 Å². The molecule has 0 spiro atoms. The highest BCUT2D eigenvalue weighted by Gasteiger charge is 2.20. The molecule has 0 bridgehead atoms. The lowest BCUT2D eigenvalue weighted by molar-refractivity contribution is 0.569. The largest absolute Gasteiger partial charge is 0.0616 e. The highest BCUT2D eigenvalue weighted by molar-refractivity contribution is 5.87. The third-order valence-corrected chi connectivity index (χ3v) is 4.75. The molecule has 0 aliphatic heterocycles. The van der Waals surface area contributed by atoms with Gasteiger partial charge in [0, 0.05) is 0 Å². The average molecular weight is 316 g/mol. The Labute approximate surface area is 146 Å². The standard InChI is InChI=1S/C24H28/c1-23(2,3)21-14-20(15-22(16-21)24(4,5)6)19-12-11-17-9-7-8-10-18(17)13-19/h7-16H,1-6H3. The summed E-state index contributed by atoms with van der Waals surface area (Å²) >= 11 is 0. The molecule has 0 aliphatic rings. The number of hydrogen-bond donors (Lipinski definition) is 0. The monoisotopic (exact) mass is 316 g/mol. The molecule has 0 heterocycles. The minimum atomic E-state index is 0.146. The first kappa shape index (κ1) is 16.8. The van der Waals surface area contributed by atoms with Crippen molar-refractivity contribution in [3.05, 3.63) is 71.8 Å². The van der Waals surface area contributed by atoms with Crippen LogP contribution in [0.25, 0.3) is 21.9 Å². The second-order valence-electron chi connectivity index (χ2n) is 8.86. The fourth-order valence-electron chi connectivity index (χ4n) is 3.03. The zero-order chi connectivity index (χ0) is 17.5. The Morgan fingerprint density at radius 2 is 1.04 bits per heavy atom. The lowest BCUT2D eigenvalue weighted by atomic mass is 9.79. The Bertz CT molecular complexity index is 838. The van der Waals surface area contributed by atoms with Gasteiger partial charge in [0.15, 0.2) is 0 Å². The fourth-order valence-corrected chi connectivity index (χ4v) is 3.03. The van der Waals surface area contributed by atoms with Crippen LogP contribution < -0.4 is 0 Å². The molecule has 0 atom stereocenters. The van der Waals surface area contributed by atoms with Gasteiger partial charge in [-0.3, -0.25) is 0 Å².